The summed E-state index contributed by atoms with van der Waals surface area (Å²) in [4.78, 5) is 8.80. The van der Waals surface area contributed by atoms with E-state index in [1.54, 1.807) is 12.4 Å². The Morgan fingerprint density at radius 2 is 1.70 bits per heavy atom. The van der Waals surface area contributed by atoms with Crippen molar-refractivity contribution in [3.05, 3.63) is 59.9 Å². The molecule has 3 rings (SSSR count). The molecule has 1 aliphatic carbocycles. The minimum atomic E-state index is 0.488. The van der Waals surface area contributed by atoms with Gasteiger partial charge in [0.2, 0.25) is 0 Å². The van der Waals surface area contributed by atoms with E-state index < -0.39 is 0 Å². The maximum atomic E-state index is 5.89. The van der Waals surface area contributed by atoms with Gasteiger partial charge in [0.05, 0.1) is 5.56 Å². The number of hydrogen-bond donors (Lipinski definition) is 0. The minimum absolute atomic E-state index is 0.488. The molecular formula is C20H19ClN2. The van der Waals surface area contributed by atoms with Gasteiger partial charge < -0.3 is 0 Å². The first-order chi connectivity index (χ1) is 11.2. The van der Waals surface area contributed by atoms with Gasteiger partial charge in [0.15, 0.2) is 5.82 Å². The van der Waals surface area contributed by atoms with Gasteiger partial charge in [-0.15, -0.1) is 6.58 Å². The second-order valence-corrected chi connectivity index (χ2v) is 6.36. The molecule has 0 unspecified atom stereocenters. The average molecular weight is 323 g/mol. The first kappa shape index (κ1) is 15.8. The van der Waals surface area contributed by atoms with Gasteiger partial charge in [0, 0.05) is 28.9 Å². The van der Waals surface area contributed by atoms with Crippen molar-refractivity contribution in [2.24, 2.45) is 11.8 Å². The van der Waals surface area contributed by atoms with Gasteiger partial charge >= 0.3 is 0 Å². The number of rotatable bonds is 2. The Kier molecular flexibility index (Phi) is 5.10. The summed E-state index contributed by atoms with van der Waals surface area (Å²) in [6.07, 6.45) is 10.4. The average Bonchev–Trinajstić information content (AvgIpc) is 2.61. The van der Waals surface area contributed by atoms with Crippen LogP contribution in [0.1, 0.15) is 31.2 Å². The number of nitrogens with zero attached hydrogens (tertiary/aromatic N) is 2. The molecule has 3 heteroatoms. The molecule has 0 spiro atoms. The maximum Gasteiger partial charge on any atom is 0.159 e. The van der Waals surface area contributed by atoms with Crippen LogP contribution in [0.25, 0.3) is 11.4 Å². The summed E-state index contributed by atoms with van der Waals surface area (Å²) in [5.74, 6) is 8.44. The number of halogens is 1. The second-order valence-electron chi connectivity index (χ2n) is 5.92. The first-order valence-electron chi connectivity index (χ1n) is 7.96. The highest BCUT2D eigenvalue weighted by Gasteiger charge is 2.17. The van der Waals surface area contributed by atoms with Crippen molar-refractivity contribution in [3.8, 4) is 23.2 Å². The molecular weight excluding hydrogens is 304 g/mol. The third-order valence-corrected chi connectivity index (χ3v) is 4.53. The molecule has 116 valence electrons. The van der Waals surface area contributed by atoms with Gasteiger partial charge in [-0.25, -0.2) is 9.97 Å². The van der Waals surface area contributed by atoms with Crippen LogP contribution in [0.2, 0.25) is 5.02 Å². The van der Waals surface area contributed by atoms with Crippen molar-refractivity contribution >= 4 is 11.6 Å². The van der Waals surface area contributed by atoms with E-state index in [0.717, 1.165) is 24.0 Å². The molecule has 1 aromatic carbocycles. The van der Waals surface area contributed by atoms with Gasteiger partial charge in [-0.3, -0.25) is 0 Å². The zero-order chi connectivity index (χ0) is 16.1. The van der Waals surface area contributed by atoms with Gasteiger partial charge in [-0.1, -0.05) is 29.5 Å². The van der Waals surface area contributed by atoms with Crippen LogP contribution < -0.4 is 0 Å². The zero-order valence-electron chi connectivity index (χ0n) is 13.0. The standard InChI is InChI=1S/C20H19ClN2/c1-2-15-3-5-16(6-4-15)7-8-17-13-22-20(23-14-17)18-9-11-19(21)12-10-18/h2,9-16H,1,3-6H2. The molecule has 0 bridgehead atoms. The Labute approximate surface area is 142 Å². The summed E-state index contributed by atoms with van der Waals surface area (Å²) < 4.78 is 0. The van der Waals surface area contributed by atoms with Crippen LogP contribution in [0.4, 0.5) is 0 Å². The lowest BCUT2D eigenvalue weighted by Crippen LogP contribution is -2.11. The summed E-state index contributed by atoms with van der Waals surface area (Å²) >= 11 is 5.89. The fraction of sp³-hybridized carbons (Fsp3) is 0.300. The summed E-state index contributed by atoms with van der Waals surface area (Å²) in [5.41, 5.74) is 1.82. The highest BCUT2D eigenvalue weighted by Crippen LogP contribution is 2.28. The maximum absolute atomic E-state index is 5.89. The van der Waals surface area contributed by atoms with E-state index >= 15 is 0 Å². The Hall–Kier alpha value is -2.11. The Balaban J connectivity index is 1.65. The molecule has 1 saturated carbocycles. The van der Waals surface area contributed by atoms with E-state index in [1.807, 2.05) is 24.3 Å². The number of benzene rings is 1. The van der Waals surface area contributed by atoms with Crippen molar-refractivity contribution < 1.29 is 0 Å². The number of hydrogen-bond acceptors (Lipinski definition) is 2. The summed E-state index contributed by atoms with van der Waals surface area (Å²) in [5, 5.41) is 0.711. The molecule has 0 aliphatic heterocycles. The van der Waals surface area contributed by atoms with Crippen molar-refractivity contribution in [2.45, 2.75) is 25.7 Å². The van der Waals surface area contributed by atoms with Crippen LogP contribution >= 0.6 is 11.6 Å². The molecule has 1 heterocycles. The second kappa shape index (κ2) is 7.44. The van der Waals surface area contributed by atoms with Crippen LogP contribution in [-0.2, 0) is 0 Å². The topological polar surface area (TPSA) is 25.8 Å². The van der Waals surface area contributed by atoms with Crippen LogP contribution in [0, 0.1) is 23.7 Å². The van der Waals surface area contributed by atoms with Crippen LogP contribution in [-0.4, -0.2) is 9.97 Å². The molecule has 1 fully saturated rings. The molecule has 0 saturated heterocycles. The molecule has 0 amide bonds. The highest BCUT2D eigenvalue weighted by atomic mass is 35.5. The van der Waals surface area contributed by atoms with Crippen LogP contribution in [0.3, 0.4) is 0 Å². The molecule has 0 radical (unpaired) electrons. The normalized spacial score (nSPS) is 20.4. The lowest BCUT2D eigenvalue weighted by molar-refractivity contribution is 0.365. The summed E-state index contributed by atoms with van der Waals surface area (Å²) in [7, 11) is 0. The first-order valence-corrected chi connectivity index (χ1v) is 8.34. The van der Waals surface area contributed by atoms with E-state index in [9.17, 15) is 0 Å². The fourth-order valence-corrected chi connectivity index (χ4v) is 2.95. The molecule has 2 nitrogen and oxygen atoms in total. The fourth-order valence-electron chi connectivity index (χ4n) is 2.83. The van der Waals surface area contributed by atoms with Gasteiger partial charge in [-0.05, 0) is 55.9 Å². The van der Waals surface area contributed by atoms with E-state index in [4.69, 9.17) is 11.6 Å². The summed E-state index contributed by atoms with van der Waals surface area (Å²) in [6.45, 7) is 3.88. The summed E-state index contributed by atoms with van der Waals surface area (Å²) in [6, 6.07) is 7.52. The van der Waals surface area contributed by atoms with Crippen molar-refractivity contribution in [3.63, 3.8) is 0 Å². The van der Waals surface area contributed by atoms with Gasteiger partial charge in [0.25, 0.3) is 0 Å². The zero-order valence-corrected chi connectivity index (χ0v) is 13.8. The minimum Gasteiger partial charge on any atom is -0.235 e. The van der Waals surface area contributed by atoms with E-state index in [0.29, 0.717) is 22.7 Å². The monoisotopic (exact) mass is 322 g/mol. The van der Waals surface area contributed by atoms with E-state index in [-0.39, 0.29) is 0 Å². The van der Waals surface area contributed by atoms with Gasteiger partial charge in [-0.2, -0.15) is 0 Å². The van der Waals surface area contributed by atoms with Gasteiger partial charge in [0.1, 0.15) is 0 Å². The molecule has 23 heavy (non-hydrogen) atoms. The highest BCUT2D eigenvalue weighted by molar-refractivity contribution is 6.30. The molecule has 2 aromatic rings. The predicted octanol–water partition coefficient (Wildman–Crippen LogP) is 5.14. The number of aromatic nitrogens is 2. The quantitative estimate of drug-likeness (QED) is 0.565. The SMILES string of the molecule is C=CC1CCC(C#Cc2cnc(-c3ccc(Cl)cc3)nc2)CC1. The molecule has 1 aliphatic rings. The van der Waals surface area contributed by atoms with Crippen molar-refractivity contribution in [1.82, 2.24) is 9.97 Å². The lowest BCUT2D eigenvalue weighted by atomic mass is 9.82. The Bertz CT molecular complexity index is 715. The Morgan fingerprint density at radius 3 is 2.30 bits per heavy atom. The van der Waals surface area contributed by atoms with Crippen molar-refractivity contribution in [2.75, 3.05) is 0 Å². The largest absolute Gasteiger partial charge is 0.235 e. The molecule has 0 atom stereocenters. The molecule has 0 N–H and O–H groups in total. The smallest absolute Gasteiger partial charge is 0.159 e. The predicted molar refractivity (Wildman–Crippen MR) is 95.0 cm³/mol. The lowest BCUT2D eigenvalue weighted by Gasteiger charge is -2.22. The third-order valence-electron chi connectivity index (χ3n) is 4.28. The van der Waals surface area contributed by atoms with Crippen molar-refractivity contribution in [1.29, 1.82) is 0 Å². The van der Waals surface area contributed by atoms with Crippen LogP contribution in [0.15, 0.2) is 49.3 Å². The van der Waals surface area contributed by atoms with E-state index in [1.165, 1.54) is 12.8 Å². The Morgan fingerprint density at radius 1 is 1.04 bits per heavy atom. The van der Waals surface area contributed by atoms with Crippen LogP contribution in [0.5, 0.6) is 0 Å². The number of allylic oxidation sites excluding steroid dienone is 1. The van der Waals surface area contributed by atoms with E-state index in [2.05, 4.69) is 34.5 Å². The molecule has 1 aromatic heterocycles. The third kappa shape index (κ3) is 4.21.